The minimum absolute atomic E-state index is 0.107. The first-order chi connectivity index (χ1) is 10.7. The average Bonchev–Trinajstić information content (AvgIpc) is 2.57. The van der Waals surface area contributed by atoms with Crippen molar-refractivity contribution >= 4 is 11.8 Å². The highest BCUT2D eigenvalue weighted by atomic mass is 16.6. The highest BCUT2D eigenvalue weighted by Crippen LogP contribution is 2.36. The van der Waals surface area contributed by atoms with Crippen LogP contribution in [0.25, 0.3) is 0 Å². The van der Waals surface area contributed by atoms with E-state index in [4.69, 9.17) is 4.74 Å². The largest absolute Gasteiger partial charge is 0.453 e. The van der Waals surface area contributed by atoms with Crippen molar-refractivity contribution in [2.75, 3.05) is 13.1 Å². The number of ether oxygens (including phenoxy) is 1. The van der Waals surface area contributed by atoms with E-state index in [1.54, 1.807) is 0 Å². The number of quaternary nitrogens is 1. The quantitative estimate of drug-likeness (QED) is 0.862. The molecule has 0 amide bonds. The molecule has 0 aromatic heterocycles. The standard InChI is InChI=1S/C18H23NO3/c20-16-8-6-14(7-9-16)17(21)22-18(10-12-19-13-11-18)15-4-2-1-3-5-15/h1-5,14,19H,6-13H2/p+1. The van der Waals surface area contributed by atoms with Crippen LogP contribution in [0.5, 0.6) is 0 Å². The van der Waals surface area contributed by atoms with Gasteiger partial charge in [-0.15, -0.1) is 0 Å². The van der Waals surface area contributed by atoms with E-state index in [0.717, 1.165) is 31.5 Å². The number of piperidine rings is 1. The molecule has 1 aromatic carbocycles. The third-order valence-electron chi connectivity index (χ3n) is 4.98. The summed E-state index contributed by atoms with van der Waals surface area (Å²) in [4.78, 5) is 24.0. The maximum atomic E-state index is 12.6. The number of ketones is 1. The molecule has 1 aromatic rings. The van der Waals surface area contributed by atoms with E-state index >= 15 is 0 Å². The van der Waals surface area contributed by atoms with Crippen molar-refractivity contribution in [1.29, 1.82) is 0 Å². The van der Waals surface area contributed by atoms with Crippen molar-refractivity contribution < 1.29 is 19.6 Å². The van der Waals surface area contributed by atoms with Gasteiger partial charge in [0.25, 0.3) is 0 Å². The molecule has 4 heteroatoms. The van der Waals surface area contributed by atoms with E-state index in [9.17, 15) is 9.59 Å². The fourth-order valence-corrected chi connectivity index (χ4v) is 3.58. The molecular formula is C18H24NO3+. The first-order valence-corrected chi connectivity index (χ1v) is 8.31. The molecule has 0 bridgehead atoms. The lowest BCUT2D eigenvalue weighted by molar-refractivity contribution is -0.668. The lowest BCUT2D eigenvalue weighted by Gasteiger charge is -2.37. The summed E-state index contributed by atoms with van der Waals surface area (Å²) in [7, 11) is 0. The zero-order valence-electron chi connectivity index (χ0n) is 12.9. The Bertz CT molecular complexity index is 525. The van der Waals surface area contributed by atoms with E-state index in [-0.39, 0.29) is 17.7 Å². The second kappa shape index (κ2) is 6.61. The molecule has 1 saturated heterocycles. The fourth-order valence-electron chi connectivity index (χ4n) is 3.58. The Kier molecular flexibility index (Phi) is 4.57. The molecule has 2 aliphatic rings. The van der Waals surface area contributed by atoms with Gasteiger partial charge in [-0.3, -0.25) is 9.59 Å². The maximum absolute atomic E-state index is 12.6. The summed E-state index contributed by atoms with van der Waals surface area (Å²) in [5, 5.41) is 2.27. The Morgan fingerprint density at radius 2 is 1.73 bits per heavy atom. The van der Waals surface area contributed by atoms with Crippen LogP contribution < -0.4 is 5.32 Å². The molecule has 1 aliphatic carbocycles. The predicted octanol–water partition coefficient (Wildman–Crippen LogP) is 1.54. The van der Waals surface area contributed by atoms with Crippen molar-refractivity contribution in [1.82, 2.24) is 0 Å². The van der Waals surface area contributed by atoms with Crippen LogP contribution in [0.3, 0.4) is 0 Å². The summed E-state index contributed by atoms with van der Waals surface area (Å²) in [6.07, 6.45) is 4.05. The van der Waals surface area contributed by atoms with E-state index in [0.29, 0.717) is 25.7 Å². The van der Waals surface area contributed by atoms with Gasteiger partial charge in [0.15, 0.2) is 0 Å². The highest BCUT2D eigenvalue weighted by molar-refractivity contribution is 5.82. The van der Waals surface area contributed by atoms with Gasteiger partial charge in [-0.05, 0) is 18.4 Å². The second-order valence-electron chi connectivity index (χ2n) is 6.46. The smallest absolute Gasteiger partial charge is 0.309 e. The van der Waals surface area contributed by atoms with E-state index in [2.05, 4.69) is 17.4 Å². The molecule has 3 rings (SSSR count). The molecule has 1 heterocycles. The number of carbonyl (C=O) groups is 2. The van der Waals surface area contributed by atoms with Crippen LogP contribution >= 0.6 is 0 Å². The number of Topliss-reactive ketones (excluding diaryl/α,β-unsaturated/α-hetero) is 1. The average molecular weight is 302 g/mol. The first-order valence-electron chi connectivity index (χ1n) is 8.31. The van der Waals surface area contributed by atoms with Crippen LogP contribution in [0.2, 0.25) is 0 Å². The molecule has 118 valence electrons. The van der Waals surface area contributed by atoms with Crippen LogP contribution in [0.15, 0.2) is 30.3 Å². The molecule has 0 atom stereocenters. The Morgan fingerprint density at radius 1 is 1.09 bits per heavy atom. The molecule has 0 radical (unpaired) electrons. The topological polar surface area (TPSA) is 60.0 Å². The van der Waals surface area contributed by atoms with E-state index in [1.165, 1.54) is 0 Å². The number of hydrogen-bond acceptors (Lipinski definition) is 3. The normalized spacial score (nSPS) is 22.3. The van der Waals surface area contributed by atoms with Crippen molar-refractivity contribution in [3.63, 3.8) is 0 Å². The molecule has 2 fully saturated rings. The number of benzene rings is 1. The summed E-state index contributed by atoms with van der Waals surface area (Å²) >= 11 is 0. The van der Waals surface area contributed by atoms with Crippen LogP contribution in [0, 0.1) is 5.92 Å². The summed E-state index contributed by atoms with van der Waals surface area (Å²) in [6.45, 7) is 1.96. The molecule has 2 N–H and O–H groups in total. The summed E-state index contributed by atoms with van der Waals surface area (Å²) < 4.78 is 6.07. The van der Waals surface area contributed by atoms with Gasteiger partial charge in [-0.2, -0.15) is 0 Å². The van der Waals surface area contributed by atoms with Crippen LogP contribution in [-0.4, -0.2) is 24.8 Å². The van der Waals surface area contributed by atoms with E-state index < -0.39 is 5.60 Å². The number of rotatable bonds is 3. The van der Waals surface area contributed by atoms with Gasteiger partial charge in [0, 0.05) is 25.7 Å². The lowest BCUT2D eigenvalue weighted by Crippen LogP contribution is -2.87. The second-order valence-corrected chi connectivity index (χ2v) is 6.46. The molecule has 1 saturated carbocycles. The van der Waals surface area contributed by atoms with Gasteiger partial charge < -0.3 is 10.1 Å². The Morgan fingerprint density at radius 3 is 2.36 bits per heavy atom. The maximum Gasteiger partial charge on any atom is 0.309 e. The van der Waals surface area contributed by atoms with Gasteiger partial charge in [-0.25, -0.2) is 0 Å². The fraction of sp³-hybridized carbons (Fsp3) is 0.556. The summed E-state index contributed by atoms with van der Waals surface area (Å²) in [5.41, 5.74) is 0.623. The third-order valence-corrected chi connectivity index (χ3v) is 4.98. The molecule has 0 unspecified atom stereocenters. The van der Waals surface area contributed by atoms with Crippen molar-refractivity contribution in [3.8, 4) is 0 Å². The van der Waals surface area contributed by atoms with Crippen molar-refractivity contribution in [3.05, 3.63) is 35.9 Å². The predicted molar refractivity (Wildman–Crippen MR) is 82.1 cm³/mol. The van der Waals surface area contributed by atoms with Gasteiger partial charge in [0.1, 0.15) is 11.4 Å². The Balaban J connectivity index is 1.76. The molecule has 0 spiro atoms. The minimum atomic E-state index is -0.478. The van der Waals surface area contributed by atoms with Gasteiger partial charge in [0.05, 0.1) is 19.0 Å². The lowest BCUT2D eigenvalue weighted by atomic mass is 9.83. The zero-order valence-corrected chi connectivity index (χ0v) is 12.9. The summed E-state index contributed by atoms with van der Waals surface area (Å²) in [5.74, 6) is 0.0523. The van der Waals surface area contributed by atoms with Crippen LogP contribution in [-0.2, 0) is 19.9 Å². The monoisotopic (exact) mass is 302 g/mol. The third kappa shape index (κ3) is 3.22. The zero-order chi connectivity index (χ0) is 15.4. The van der Waals surface area contributed by atoms with E-state index in [1.807, 2.05) is 18.2 Å². The molecule has 4 nitrogen and oxygen atoms in total. The van der Waals surface area contributed by atoms with Crippen molar-refractivity contribution in [2.45, 2.75) is 44.1 Å². The van der Waals surface area contributed by atoms with Crippen LogP contribution in [0.1, 0.15) is 44.1 Å². The molecule has 1 aliphatic heterocycles. The molecular weight excluding hydrogens is 278 g/mol. The van der Waals surface area contributed by atoms with Gasteiger partial charge in [-0.1, -0.05) is 30.3 Å². The minimum Gasteiger partial charge on any atom is -0.453 e. The van der Waals surface area contributed by atoms with Crippen LogP contribution in [0.4, 0.5) is 0 Å². The first kappa shape index (κ1) is 15.2. The van der Waals surface area contributed by atoms with Gasteiger partial charge in [0.2, 0.25) is 0 Å². The Hall–Kier alpha value is -1.68. The number of nitrogens with two attached hydrogens (primary N) is 1. The SMILES string of the molecule is O=C1CCC(C(=O)OC2(c3ccccc3)CC[NH2+]CC2)CC1. The van der Waals surface area contributed by atoms with Gasteiger partial charge >= 0.3 is 5.97 Å². The van der Waals surface area contributed by atoms with Crippen molar-refractivity contribution in [2.24, 2.45) is 5.92 Å². The molecule has 22 heavy (non-hydrogen) atoms. The number of carbonyl (C=O) groups excluding carboxylic acids is 2. The Labute approximate surface area is 131 Å². The number of esters is 1. The number of hydrogen-bond donors (Lipinski definition) is 1. The highest BCUT2D eigenvalue weighted by Gasteiger charge is 2.41. The summed E-state index contributed by atoms with van der Waals surface area (Å²) in [6, 6.07) is 10.1.